The van der Waals surface area contributed by atoms with Crippen molar-refractivity contribution in [3.63, 3.8) is 0 Å². The van der Waals surface area contributed by atoms with Gasteiger partial charge in [0.25, 0.3) is 0 Å². The van der Waals surface area contributed by atoms with E-state index in [4.69, 9.17) is 0 Å². The summed E-state index contributed by atoms with van der Waals surface area (Å²) < 4.78 is 0.899. The van der Waals surface area contributed by atoms with Gasteiger partial charge in [0.15, 0.2) is 0 Å². The van der Waals surface area contributed by atoms with Crippen molar-refractivity contribution in [3.8, 4) is 0 Å². The van der Waals surface area contributed by atoms with Gasteiger partial charge in [-0.25, -0.2) is 4.79 Å². The highest BCUT2D eigenvalue weighted by molar-refractivity contribution is 9.10. The van der Waals surface area contributed by atoms with Gasteiger partial charge in [-0.2, -0.15) is 0 Å². The third-order valence-corrected chi connectivity index (χ3v) is 5.69. The van der Waals surface area contributed by atoms with Gasteiger partial charge in [0.1, 0.15) is 0 Å². The van der Waals surface area contributed by atoms with Crippen molar-refractivity contribution in [1.29, 1.82) is 0 Å². The number of carbonyl (C=O) groups excluding carboxylic acids is 1. The Bertz CT molecular complexity index is 775. The van der Waals surface area contributed by atoms with Gasteiger partial charge in [-0.3, -0.25) is 4.90 Å². The molecular weight excluding hydrogens is 402 g/mol. The largest absolute Gasteiger partial charge is 0.322 e. The summed E-state index contributed by atoms with van der Waals surface area (Å²) in [6.45, 7) is 10.9. The molecule has 0 atom stereocenters. The van der Waals surface area contributed by atoms with Crippen LogP contribution >= 0.6 is 15.9 Å². The number of urea groups is 1. The molecule has 3 rings (SSSR count). The molecule has 5 heteroatoms. The van der Waals surface area contributed by atoms with Crippen LogP contribution in [0.2, 0.25) is 0 Å². The molecule has 0 aromatic heterocycles. The van der Waals surface area contributed by atoms with Crippen LogP contribution in [-0.4, -0.2) is 42.0 Å². The smallest absolute Gasteiger partial charge is 0.321 e. The molecule has 1 aliphatic heterocycles. The maximum Gasteiger partial charge on any atom is 0.321 e. The Balaban J connectivity index is 1.50. The first-order valence-corrected chi connectivity index (χ1v) is 10.2. The van der Waals surface area contributed by atoms with Gasteiger partial charge < -0.3 is 10.2 Å². The van der Waals surface area contributed by atoms with E-state index in [1.54, 1.807) is 0 Å². The van der Waals surface area contributed by atoms with Crippen LogP contribution in [0.4, 0.5) is 10.5 Å². The average molecular weight is 430 g/mol. The predicted molar refractivity (Wildman–Crippen MR) is 115 cm³/mol. The second-order valence-electron chi connectivity index (χ2n) is 8.12. The fourth-order valence-corrected chi connectivity index (χ4v) is 3.62. The lowest BCUT2D eigenvalue weighted by Crippen LogP contribution is -2.49. The Labute approximate surface area is 170 Å². The SMILES string of the molecule is CC(C)(C)c1ccc(CN2CCN(C(=O)Nc3ccccc3Br)CC2)cc1. The van der Waals surface area contributed by atoms with Crippen LogP contribution in [0.15, 0.2) is 53.0 Å². The number of para-hydroxylation sites is 1. The summed E-state index contributed by atoms with van der Waals surface area (Å²) in [6, 6.07) is 16.6. The second kappa shape index (κ2) is 8.44. The van der Waals surface area contributed by atoms with Gasteiger partial charge in [0.05, 0.1) is 5.69 Å². The highest BCUT2D eigenvalue weighted by Crippen LogP contribution is 2.23. The third kappa shape index (κ3) is 5.33. The fraction of sp³-hybridized carbons (Fsp3) is 0.409. The van der Waals surface area contributed by atoms with E-state index in [0.29, 0.717) is 0 Å². The van der Waals surface area contributed by atoms with Crippen molar-refractivity contribution in [2.45, 2.75) is 32.7 Å². The first-order chi connectivity index (χ1) is 12.8. The lowest BCUT2D eigenvalue weighted by molar-refractivity contribution is 0.143. The van der Waals surface area contributed by atoms with Crippen molar-refractivity contribution in [2.75, 3.05) is 31.5 Å². The molecular formula is C22H28BrN3O. The van der Waals surface area contributed by atoms with Crippen LogP contribution in [0.5, 0.6) is 0 Å². The molecule has 4 nitrogen and oxygen atoms in total. The van der Waals surface area contributed by atoms with Crippen LogP contribution < -0.4 is 5.32 Å². The van der Waals surface area contributed by atoms with E-state index in [1.165, 1.54) is 11.1 Å². The number of anilines is 1. The molecule has 0 bridgehead atoms. The van der Waals surface area contributed by atoms with Crippen LogP contribution in [0.1, 0.15) is 31.9 Å². The van der Waals surface area contributed by atoms with E-state index in [-0.39, 0.29) is 11.4 Å². The minimum absolute atomic E-state index is 0.0314. The van der Waals surface area contributed by atoms with E-state index in [9.17, 15) is 4.79 Å². The lowest BCUT2D eigenvalue weighted by atomic mass is 9.87. The summed E-state index contributed by atoms with van der Waals surface area (Å²) in [4.78, 5) is 16.8. The van der Waals surface area contributed by atoms with Crippen LogP contribution in [-0.2, 0) is 12.0 Å². The molecule has 1 heterocycles. The number of rotatable bonds is 3. The Hall–Kier alpha value is -1.85. The molecule has 1 N–H and O–H groups in total. The molecule has 27 heavy (non-hydrogen) atoms. The van der Waals surface area contributed by atoms with E-state index in [2.05, 4.69) is 71.2 Å². The van der Waals surface area contributed by atoms with Gasteiger partial charge in [0.2, 0.25) is 0 Å². The number of halogens is 1. The standard InChI is InChI=1S/C22H28BrN3O/c1-22(2,3)18-10-8-17(9-11-18)16-25-12-14-26(15-13-25)21(27)24-20-7-5-4-6-19(20)23/h4-11H,12-16H2,1-3H3,(H,24,27). The summed E-state index contributed by atoms with van der Waals surface area (Å²) in [7, 11) is 0. The Morgan fingerprint density at radius 3 is 2.22 bits per heavy atom. The number of carbonyl (C=O) groups is 1. The number of nitrogens with zero attached hydrogens (tertiary/aromatic N) is 2. The quantitative estimate of drug-likeness (QED) is 0.736. The minimum atomic E-state index is -0.0314. The van der Waals surface area contributed by atoms with Crippen molar-refractivity contribution in [2.24, 2.45) is 0 Å². The third-order valence-electron chi connectivity index (χ3n) is 5.00. The van der Waals surface area contributed by atoms with Crippen molar-refractivity contribution in [1.82, 2.24) is 9.80 Å². The molecule has 0 radical (unpaired) electrons. The van der Waals surface area contributed by atoms with E-state index < -0.39 is 0 Å². The summed E-state index contributed by atoms with van der Waals surface area (Å²) in [5.41, 5.74) is 3.68. The zero-order valence-corrected chi connectivity index (χ0v) is 17.9. The molecule has 144 valence electrons. The molecule has 2 aromatic carbocycles. The van der Waals surface area contributed by atoms with Crippen LogP contribution in [0, 0.1) is 0 Å². The minimum Gasteiger partial charge on any atom is -0.322 e. The van der Waals surface area contributed by atoms with Gasteiger partial charge in [0, 0.05) is 37.2 Å². The summed E-state index contributed by atoms with van der Waals surface area (Å²) in [6.07, 6.45) is 0. The molecule has 1 fully saturated rings. The number of nitrogens with one attached hydrogen (secondary N) is 1. The molecule has 0 spiro atoms. The van der Waals surface area contributed by atoms with E-state index in [0.717, 1.165) is 42.9 Å². The number of hydrogen-bond donors (Lipinski definition) is 1. The lowest BCUT2D eigenvalue weighted by Gasteiger charge is -2.34. The molecule has 1 saturated heterocycles. The first kappa shape index (κ1) is 19.9. The highest BCUT2D eigenvalue weighted by Gasteiger charge is 2.22. The van der Waals surface area contributed by atoms with Gasteiger partial charge >= 0.3 is 6.03 Å². The number of hydrogen-bond acceptors (Lipinski definition) is 2. The predicted octanol–water partition coefficient (Wildman–Crippen LogP) is 5.10. The van der Waals surface area contributed by atoms with Crippen LogP contribution in [0.25, 0.3) is 0 Å². The maximum atomic E-state index is 12.5. The molecule has 1 aliphatic rings. The van der Waals surface area contributed by atoms with Crippen molar-refractivity contribution >= 4 is 27.6 Å². The molecule has 0 saturated carbocycles. The first-order valence-electron chi connectivity index (χ1n) is 9.45. The van der Waals surface area contributed by atoms with Crippen molar-refractivity contribution in [3.05, 3.63) is 64.1 Å². The number of amides is 2. The molecule has 0 unspecified atom stereocenters. The van der Waals surface area contributed by atoms with Gasteiger partial charge in [-0.1, -0.05) is 57.2 Å². The number of piperazine rings is 1. The van der Waals surface area contributed by atoms with Crippen LogP contribution in [0.3, 0.4) is 0 Å². The molecule has 0 aliphatic carbocycles. The Kier molecular flexibility index (Phi) is 6.22. The van der Waals surface area contributed by atoms with Crippen molar-refractivity contribution < 1.29 is 4.79 Å². The molecule has 2 aromatic rings. The van der Waals surface area contributed by atoms with E-state index in [1.807, 2.05) is 29.2 Å². The molecule has 2 amide bonds. The normalized spacial score (nSPS) is 15.6. The zero-order valence-electron chi connectivity index (χ0n) is 16.3. The summed E-state index contributed by atoms with van der Waals surface area (Å²) in [5.74, 6) is 0. The zero-order chi connectivity index (χ0) is 19.4. The summed E-state index contributed by atoms with van der Waals surface area (Å²) >= 11 is 3.47. The highest BCUT2D eigenvalue weighted by atomic mass is 79.9. The monoisotopic (exact) mass is 429 g/mol. The average Bonchev–Trinajstić information content (AvgIpc) is 2.64. The fourth-order valence-electron chi connectivity index (χ4n) is 3.23. The van der Waals surface area contributed by atoms with Gasteiger partial charge in [-0.15, -0.1) is 0 Å². The van der Waals surface area contributed by atoms with E-state index >= 15 is 0 Å². The second-order valence-corrected chi connectivity index (χ2v) is 8.97. The topological polar surface area (TPSA) is 35.6 Å². The van der Waals surface area contributed by atoms with Gasteiger partial charge in [-0.05, 0) is 44.6 Å². The number of benzene rings is 2. The summed E-state index contributed by atoms with van der Waals surface area (Å²) in [5, 5.41) is 2.99. The Morgan fingerprint density at radius 2 is 1.63 bits per heavy atom. The Morgan fingerprint density at radius 1 is 1.00 bits per heavy atom. The maximum absolute atomic E-state index is 12.5.